The van der Waals surface area contributed by atoms with E-state index in [1.807, 2.05) is 0 Å². The summed E-state index contributed by atoms with van der Waals surface area (Å²) in [5.41, 5.74) is 0. The summed E-state index contributed by atoms with van der Waals surface area (Å²) in [7, 11) is 2.25. The second-order valence-electron chi connectivity index (χ2n) is 7.08. The van der Waals surface area contributed by atoms with E-state index >= 15 is 0 Å². The van der Waals surface area contributed by atoms with Crippen molar-refractivity contribution in [3.8, 4) is 0 Å². The Morgan fingerprint density at radius 1 is 0.762 bits per heavy atom. The van der Waals surface area contributed by atoms with E-state index in [4.69, 9.17) is 0 Å². The molecule has 2 nitrogen and oxygen atoms in total. The first-order chi connectivity index (χ1) is 10.2. The molecule has 0 fully saturated rings. The lowest BCUT2D eigenvalue weighted by molar-refractivity contribution is 0.319. The maximum absolute atomic E-state index is 3.51. The Morgan fingerprint density at radius 2 is 1.29 bits per heavy atom. The molecule has 0 aliphatic heterocycles. The molecular weight excluding hydrogens is 256 g/mol. The fourth-order valence-corrected chi connectivity index (χ4v) is 2.64. The molecule has 21 heavy (non-hydrogen) atoms. The third kappa shape index (κ3) is 17.9. The number of likely N-dealkylation sites (N-methyl/N-ethyl adjacent to an activating group) is 1. The van der Waals surface area contributed by atoms with Gasteiger partial charge in [0.25, 0.3) is 0 Å². The van der Waals surface area contributed by atoms with Crippen LogP contribution in [0.3, 0.4) is 0 Å². The van der Waals surface area contributed by atoms with Crippen LogP contribution in [0, 0.1) is 5.92 Å². The average Bonchev–Trinajstić information content (AvgIpc) is 2.45. The molecule has 0 aromatic heterocycles. The maximum atomic E-state index is 3.51. The van der Waals surface area contributed by atoms with Gasteiger partial charge in [-0.15, -0.1) is 0 Å². The predicted octanol–water partition coefficient (Wildman–Crippen LogP) is 5.08. The van der Waals surface area contributed by atoms with E-state index in [0.717, 1.165) is 19.0 Å². The van der Waals surface area contributed by atoms with Gasteiger partial charge < -0.3 is 10.2 Å². The summed E-state index contributed by atoms with van der Waals surface area (Å²) >= 11 is 0. The minimum atomic E-state index is 0.761. The van der Waals surface area contributed by atoms with Crippen LogP contribution < -0.4 is 5.32 Å². The van der Waals surface area contributed by atoms with Crippen molar-refractivity contribution in [1.82, 2.24) is 10.2 Å². The molecule has 0 saturated heterocycles. The van der Waals surface area contributed by atoms with Crippen molar-refractivity contribution >= 4 is 0 Å². The highest BCUT2D eigenvalue weighted by Gasteiger charge is 1.99. The van der Waals surface area contributed by atoms with Crippen LogP contribution in [0.25, 0.3) is 0 Å². The van der Waals surface area contributed by atoms with Gasteiger partial charge in [-0.3, -0.25) is 0 Å². The third-order valence-corrected chi connectivity index (χ3v) is 4.12. The van der Waals surface area contributed by atoms with Gasteiger partial charge in [0.1, 0.15) is 0 Å². The minimum absolute atomic E-state index is 0.761. The molecule has 0 aliphatic carbocycles. The molecule has 0 radical (unpaired) electrons. The monoisotopic (exact) mass is 298 g/mol. The fraction of sp³-hybridized carbons (Fsp3) is 1.00. The second kappa shape index (κ2) is 16.3. The zero-order chi connectivity index (χ0) is 15.8. The molecule has 0 atom stereocenters. The van der Waals surface area contributed by atoms with Gasteiger partial charge in [0, 0.05) is 13.1 Å². The molecule has 0 amide bonds. The Balaban J connectivity index is 3.12. The van der Waals surface area contributed by atoms with Gasteiger partial charge in [-0.1, -0.05) is 78.6 Å². The molecule has 0 rings (SSSR count). The summed E-state index contributed by atoms with van der Waals surface area (Å²) in [6, 6.07) is 0. The van der Waals surface area contributed by atoms with Crippen molar-refractivity contribution in [3.05, 3.63) is 0 Å². The summed E-state index contributed by atoms with van der Waals surface area (Å²) in [6.45, 7) is 11.5. The van der Waals surface area contributed by atoms with Crippen LogP contribution in [-0.2, 0) is 0 Å². The highest BCUT2D eigenvalue weighted by atomic mass is 15.1. The van der Waals surface area contributed by atoms with Gasteiger partial charge in [-0.2, -0.15) is 0 Å². The van der Waals surface area contributed by atoms with Gasteiger partial charge in [0.05, 0.1) is 0 Å². The summed E-state index contributed by atoms with van der Waals surface area (Å²) in [6.07, 6.45) is 14.3. The van der Waals surface area contributed by atoms with Crippen LogP contribution in [0.15, 0.2) is 0 Å². The van der Waals surface area contributed by atoms with Crippen molar-refractivity contribution in [2.24, 2.45) is 5.92 Å². The van der Waals surface area contributed by atoms with Crippen molar-refractivity contribution < 1.29 is 0 Å². The molecule has 0 bridgehead atoms. The highest BCUT2D eigenvalue weighted by molar-refractivity contribution is 4.57. The van der Waals surface area contributed by atoms with E-state index in [-0.39, 0.29) is 0 Å². The third-order valence-electron chi connectivity index (χ3n) is 4.12. The van der Waals surface area contributed by atoms with Gasteiger partial charge in [0.2, 0.25) is 0 Å². The highest BCUT2D eigenvalue weighted by Crippen LogP contribution is 2.10. The van der Waals surface area contributed by atoms with Gasteiger partial charge in [0.15, 0.2) is 0 Å². The van der Waals surface area contributed by atoms with Crippen LogP contribution in [0.1, 0.15) is 85.0 Å². The lowest BCUT2D eigenvalue weighted by atomic mass is 10.1. The van der Waals surface area contributed by atoms with E-state index < -0.39 is 0 Å². The van der Waals surface area contributed by atoms with Crippen molar-refractivity contribution in [1.29, 1.82) is 0 Å². The van der Waals surface area contributed by atoms with Crippen LogP contribution in [0.5, 0.6) is 0 Å². The predicted molar refractivity (Wildman–Crippen MR) is 97.0 cm³/mol. The Bertz CT molecular complexity index is 192. The summed E-state index contributed by atoms with van der Waals surface area (Å²) < 4.78 is 0. The normalized spacial score (nSPS) is 11.7. The lowest BCUT2D eigenvalue weighted by Crippen LogP contribution is -2.31. The van der Waals surface area contributed by atoms with Crippen molar-refractivity contribution in [2.45, 2.75) is 85.0 Å². The number of nitrogens with zero attached hydrogens (tertiary/aromatic N) is 1. The topological polar surface area (TPSA) is 15.3 Å². The molecule has 0 heterocycles. The summed E-state index contributed by atoms with van der Waals surface area (Å²) in [5.74, 6) is 0.761. The van der Waals surface area contributed by atoms with E-state index in [2.05, 4.69) is 38.0 Å². The number of hydrogen-bond donors (Lipinski definition) is 1. The van der Waals surface area contributed by atoms with E-state index in [1.54, 1.807) is 0 Å². The first kappa shape index (κ1) is 20.9. The Morgan fingerprint density at radius 3 is 1.81 bits per heavy atom. The van der Waals surface area contributed by atoms with Crippen LogP contribution in [-0.4, -0.2) is 38.1 Å². The number of unbranched alkanes of at least 4 members (excludes halogenated alkanes) is 9. The standard InChI is InChI=1S/C19H42N2/c1-5-6-7-8-9-10-11-12-13-14-16-21(4)17-15-20-18-19(2)3/h19-20H,5-18H2,1-4H3. The van der Waals surface area contributed by atoms with E-state index in [1.165, 1.54) is 77.3 Å². The van der Waals surface area contributed by atoms with Crippen LogP contribution in [0.2, 0.25) is 0 Å². The molecule has 0 aromatic rings. The van der Waals surface area contributed by atoms with Crippen LogP contribution >= 0.6 is 0 Å². The molecule has 0 saturated carbocycles. The van der Waals surface area contributed by atoms with Crippen molar-refractivity contribution in [2.75, 3.05) is 33.2 Å². The lowest BCUT2D eigenvalue weighted by Gasteiger charge is -2.17. The number of hydrogen-bond acceptors (Lipinski definition) is 2. The average molecular weight is 299 g/mol. The van der Waals surface area contributed by atoms with Crippen molar-refractivity contribution in [3.63, 3.8) is 0 Å². The maximum Gasteiger partial charge on any atom is 0.0104 e. The van der Waals surface area contributed by atoms with Gasteiger partial charge >= 0.3 is 0 Å². The fourth-order valence-electron chi connectivity index (χ4n) is 2.64. The largest absolute Gasteiger partial charge is 0.315 e. The van der Waals surface area contributed by atoms with Gasteiger partial charge in [-0.05, 0) is 32.5 Å². The molecule has 1 N–H and O–H groups in total. The number of nitrogens with one attached hydrogen (secondary N) is 1. The minimum Gasteiger partial charge on any atom is -0.315 e. The Kier molecular flexibility index (Phi) is 16.2. The number of rotatable bonds is 16. The van der Waals surface area contributed by atoms with Gasteiger partial charge in [-0.25, -0.2) is 0 Å². The summed E-state index contributed by atoms with van der Waals surface area (Å²) in [5, 5.41) is 3.51. The smallest absolute Gasteiger partial charge is 0.0104 e. The molecule has 128 valence electrons. The molecule has 0 aliphatic rings. The quantitative estimate of drug-likeness (QED) is 0.400. The SMILES string of the molecule is CCCCCCCCCCCCN(C)CCNCC(C)C. The second-order valence-corrected chi connectivity index (χ2v) is 7.08. The molecule has 0 aromatic carbocycles. The molecule has 0 unspecified atom stereocenters. The first-order valence-corrected chi connectivity index (χ1v) is 9.56. The first-order valence-electron chi connectivity index (χ1n) is 9.56. The summed E-state index contributed by atoms with van der Waals surface area (Å²) in [4.78, 5) is 2.47. The Hall–Kier alpha value is -0.0800. The Labute approximate surface area is 135 Å². The zero-order valence-electron chi connectivity index (χ0n) is 15.4. The van der Waals surface area contributed by atoms with E-state index in [9.17, 15) is 0 Å². The van der Waals surface area contributed by atoms with E-state index in [0.29, 0.717) is 0 Å². The molecular formula is C19H42N2. The molecule has 2 heteroatoms. The van der Waals surface area contributed by atoms with Crippen LogP contribution in [0.4, 0.5) is 0 Å². The zero-order valence-corrected chi connectivity index (χ0v) is 15.4. The molecule has 0 spiro atoms.